The number of alkyl carbamates (subject to hydrolysis) is 1. The van der Waals surface area contributed by atoms with Gasteiger partial charge in [0.2, 0.25) is 0 Å². The van der Waals surface area contributed by atoms with Crippen LogP contribution in [0.4, 0.5) is 4.79 Å². The molecule has 1 saturated carbocycles. The van der Waals surface area contributed by atoms with Crippen molar-refractivity contribution in [2.45, 2.75) is 76.0 Å². The van der Waals surface area contributed by atoms with Crippen LogP contribution in [0.25, 0.3) is 0 Å². The topological polar surface area (TPSA) is 84.9 Å². The number of carbonyl (C=O) groups excluding carboxylic acids is 1. The number of rotatable bonds is 2. The van der Waals surface area contributed by atoms with E-state index in [4.69, 9.17) is 9.47 Å². The number of nitrogens with one attached hydrogen (secondary N) is 1. The normalized spacial score (nSPS) is 32.9. The third kappa shape index (κ3) is 3.67. The van der Waals surface area contributed by atoms with E-state index in [0.29, 0.717) is 25.7 Å². The van der Waals surface area contributed by atoms with Gasteiger partial charge in [0.25, 0.3) is 0 Å². The van der Waals surface area contributed by atoms with Crippen LogP contribution < -0.4 is 5.32 Å². The maximum atomic E-state index is 11.9. The van der Waals surface area contributed by atoms with Gasteiger partial charge in [-0.3, -0.25) is 0 Å². The summed E-state index contributed by atoms with van der Waals surface area (Å²) in [5.41, 5.74) is -2.05. The van der Waals surface area contributed by atoms with Crippen molar-refractivity contribution >= 4 is 12.1 Å². The lowest BCUT2D eigenvalue weighted by molar-refractivity contribution is -0.149. The lowest BCUT2D eigenvalue weighted by Crippen LogP contribution is -2.59. The number of carboxylic acids is 1. The number of hydrogen-bond acceptors (Lipinski definition) is 4. The quantitative estimate of drug-likeness (QED) is 0.818. The van der Waals surface area contributed by atoms with Crippen molar-refractivity contribution in [3.63, 3.8) is 0 Å². The third-order valence-corrected chi connectivity index (χ3v) is 4.35. The van der Waals surface area contributed by atoms with Crippen molar-refractivity contribution in [2.75, 3.05) is 6.61 Å². The van der Waals surface area contributed by atoms with Crippen LogP contribution in [0.2, 0.25) is 0 Å². The molecular weight excluding hydrogens is 274 g/mol. The van der Waals surface area contributed by atoms with E-state index in [0.717, 1.165) is 19.4 Å². The van der Waals surface area contributed by atoms with Gasteiger partial charge in [0.15, 0.2) is 0 Å². The van der Waals surface area contributed by atoms with Crippen LogP contribution in [0, 0.1) is 0 Å². The zero-order valence-electron chi connectivity index (χ0n) is 13.0. The van der Waals surface area contributed by atoms with E-state index in [1.165, 1.54) is 0 Å². The van der Waals surface area contributed by atoms with Crippen LogP contribution in [-0.2, 0) is 14.3 Å². The van der Waals surface area contributed by atoms with E-state index >= 15 is 0 Å². The minimum absolute atomic E-state index is 0.172. The minimum atomic E-state index is -1.24. The van der Waals surface area contributed by atoms with Gasteiger partial charge in [-0.15, -0.1) is 0 Å². The molecule has 1 amide bonds. The van der Waals surface area contributed by atoms with E-state index in [1.54, 1.807) is 20.8 Å². The van der Waals surface area contributed by atoms with Gasteiger partial charge >= 0.3 is 12.1 Å². The Hall–Kier alpha value is -1.30. The molecule has 0 aromatic rings. The van der Waals surface area contributed by atoms with Crippen molar-refractivity contribution < 1.29 is 24.2 Å². The first kappa shape index (κ1) is 16.1. The summed E-state index contributed by atoms with van der Waals surface area (Å²) in [6.07, 6.45) is 3.41. The van der Waals surface area contributed by atoms with Crippen molar-refractivity contribution in [3.8, 4) is 0 Å². The summed E-state index contributed by atoms with van der Waals surface area (Å²) in [4.78, 5) is 23.6. The molecule has 0 atom stereocenters. The molecule has 1 aliphatic heterocycles. The molecule has 1 heterocycles. The highest BCUT2D eigenvalue weighted by atomic mass is 16.6. The Morgan fingerprint density at radius 3 is 2.19 bits per heavy atom. The number of hydrogen-bond donors (Lipinski definition) is 2. The lowest BCUT2D eigenvalue weighted by Gasteiger charge is -2.42. The Labute approximate surface area is 125 Å². The second-order valence-electron chi connectivity index (χ2n) is 7.15. The molecule has 0 aromatic carbocycles. The van der Waals surface area contributed by atoms with E-state index in [2.05, 4.69) is 5.32 Å². The molecule has 120 valence electrons. The summed E-state index contributed by atoms with van der Waals surface area (Å²) in [7, 11) is 0. The molecule has 0 radical (unpaired) electrons. The van der Waals surface area contributed by atoms with Crippen LogP contribution >= 0.6 is 0 Å². The predicted molar refractivity (Wildman–Crippen MR) is 76.1 cm³/mol. The van der Waals surface area contributed by atoms with Gasteiger partial charge in [0.1, 0.15) is 11.1 Å². The van der Waals surface area contributed by atoms with Gasteiger partial charge in [0.05, 0.1) is 5.60 Å². The summed E-state index contributed by atoms with van der Waals surface area (Å²) < 4.78 is 11.0. The molecule has 1 aliphatic carbocycles. The molecular formula is C15H25NO5. The number of carboxylic acid groups (broad SMARTS) is 1. The second kappa shape index (κ2) is 5.48. The first-order valence-corrected chi connectivity index (χ1v) is 7.55. The van der Waals surface area contributed by atoms with E-state index < -0.39 is 23.2 Å². The molecule has 21 heavy (non-hydrogen) atoms. The zero-order chi connectivity index (χ0) is 15.7. The molecule has 0 aromatic heterocycles. The number of amides is 1. The SMILES string of the molecule is CC(C)(C)OC(=O)NC1(C(=O)O)CCC2(CCCO2)CC1. The Balaban J connectivity index is 2.02. The first-order chi connectivity index (χ1) is 9.67. The molecule has 0 bridgehead atoms. The summed E-state index contributed by atoms with van der Waals surface area (Å²) in [5.74, 6) is -0.999. The van der Waals surface area contributed by atoms with Crippen molar-refractivity contribution in [2.24, 2.45) is 0 Å². The van der Waals surface area contributed by atoms with Crippen molar-refractivity contribution in [3.05, 3.63) is 0 Å². The van der Waals surface area contributed by atoms with Crippen LogP contribution in [0.3, 0.4) is 0 Å². The fourth-order valence-electron chi connectivity index (χ4n) is 3.17. The number of ether oxygens (including phenoxy) is 2. The molecule has 2 N–H and O–H groups in total. The maximum absolute atomic E-state index is 11.9. The van der Waals surface area contributed by atoms with Gasteiger partial charge < -0.3 is 19.9 Å². The fourth-order valence-corrected chi connectivity index (χ4v) is 3.17. The smallest absolute Gasteiger partial charge is 0.408 e. The highest BCUT2D eigenvalue weighted by molar-refractivity contribution is 5.84. The molecule has 0 unspecified atom stereocenters. The van der Waals surface area contributed by atoms with Crippen molar-refractivity contribution in [1.82, 2.24) is 5.32 Å². The average Bonchev–Trinajstić information content (AvgIpc) is 2.79. The first-order valence-electron chi connectivity index (χ1n) is 7.55. The molecule has 6 nitrogen and oxygen atoms in total. The summed E-state index contributed by atoms with van der Waals surface area (Å²) in [5, 5.41) is 12.1. The minimum Gasteiger partial charge on any atom is -0.480 e. The van der Waals surface area contributed by atoms with Gasteiger partial charge in [-0.05, 0) is 59.3 Å². The van der Waals surface area contributed by atoms with E-state index in [9.17, 15) is 14.7 Å². The van der Waals surface area contributed by atoms with Gasteiger partial charge in [0, 0.05) is 6.61 Å². The average molecular weight is 299 g/mol. The Kier molecular flexibility index (Phi) is 4.19. The molecule has 2 rings (SSSR count). The van der Waals surface area contributed by atoms with Gasteiger partial charge in [-0.1, -0.05) is 0 Å². The largest absolute Gasteiger partial charge is 0.480 e. The zero-order valence-corrected chi connectivity index (χ0v) is 13.0. The standard InChI is InChI=1S/C15H25NO5/c1-13(2,3)21-12(19)16-15(11(17)18)8-6-14(7-9-15)5-4-10-20-14/h4-10H2,1-3H3,(H,16,19)(H,17,18). The van der Waals surface area contributed by atoms with Crippen LogP contribution in [0.5, 0.6) is 0 Å². The monoisotopic (exact) mass is 299 g/mol. The Morgan fingerprint density at radius 1 is 1.14 bits per heavy atom. The predicted octanol–water partition coefficient (Wildman–Crippen LogP) is 2.46. The maximum Gasteiger partial charge on any atom is 0.408 e. The summed E-state index contributed by atoms with van der Waals surface area (Å²) in [6, 6.07) is 0. The summed E-state index contributed by atoms with van der Waals surface area (Å²) >= 11 is 0. The third-order valence-electron chi connectivity index (χ3n) is 4.35. The summed E-state index contributed by atoms with van der Waals surface area (Å²) in [6.45, 7) is 6.01. The molecule has 6 heteroatoms. The van der Waals surface area contributed by atoms with Crippen LogP contribution in [0.1, 0.15) is 59.3 Å². The van der Waals surface area contributed by atoms with Crippen LogP contribution in [-0.4, -0.2) is 40.5 Å². The highest BCUT2D eigenvalue weighted by Gasteiger charge is 2.50. The van der Waals surface area contributed by atoms with E-state index in [1.807, 2.05) is 0 Å². The number of carbonyl (C=O) groups is 2. The second-order valence-corrected chi connectivity index (χ2v) is 7.15. The fraction of sp³-hybridized carbons (Fsp3) is 0.867. The Bertz CT molecular complexity index is 410. The molecule has 2 aliphatic rings. The highest BCUT2D eigenvalue weighted by Crippen LogP contribution is 2.43. The Morgan fingerprint density at radius 2 is 1.76 bits per heavy atom. The van der Waals surface area contributed by atoms with E-state index in [-0.39, 0.29) is 5.60 Å². The van der Waals surface area contributed by atoms with Crippen LogP contribution in [0.15, 0.2) is 0 Å². The van der Waals surface area contributed by atoms with Crippen molar-refractivity contribution in [1.29, 1.82) is 0 Å². The lowest BCUT2D eigenvalue weighted by atomic mass is 9.73. The van der Waals surface area contributed by atoms with Gasteiger partial charge in [-0.25, -0.2) is 9.59 Å². The van der Waals surface area contributed by atoms with Gasteiger partial charge in [-0.2, -0.15) is 0 Å². The number of aliphatic carboxylic acids is 1. The molecule has 2 fully saturated rings. The molecule has 1 spiro atoms. The molecule has 1 saturated heterocycles.